The summed E-state index contributed by atoms with van der Waals surface area (Å²) in [7, 11) is 0. The van der Waals surface area contributed by atoms with Crippen molar-refractivity contribution in [1.29, 1.82) is 0 Å². The van der Waals surface area contributed by atoms with Gasteiger partial charge in [0.15, 0.2) is 0 Å². The van der Waals surface area contributed by atoms with E-state index in [0.717, 1.165) is 22.8 Å². The summed E-state index contributed by atoms with van der Waals surface area (Å²) in [4.78, 5) is 16.0. The van der Waals surface area contributed by atoms with Crippen LogP contribution in [0.15, 0.2) is 24.4 Å². The second kappa shape index (κ2) is 5.44. The number of aryl methyl sites for hydroxylation is 3. The number of anilines is 1. The molecule has 0 atom stereocenters. The Labute approximate surface area is 106 Å². The van der Waals surface area contributed by atoms with Crippen molar-refractivity contribution in [1.82, 2.24) is 15.2 Å². The van der Waals surface area contributed by atoms with Gasteiger partial charge in [-0.2, -0.15) is 5.10 Å². The zero-order valence-electron chi connectivity index (χ0n) is 10.5. The summed E-state index contributed by atoms with van der Waals surface area (Å²) in [5, 5.41) is 9.74. The molecule has 0 saturated carbocycles. The quantitative estimate of drug-likeness (QED) is 0.864. The molecule has 0 aliphatic rings. The van der Waals surface area contributed by atoms with Crippen LogP contribution in [0, 0.1) is 13.8 Å². The Morgan fingerprint density at radius 1 is 1.39 bits per heavy atom. The Bertz CT molecular complexity index is 514. The molecular formula is C13H16N4O. The van der Waals surface area contributed by atoms with Crippen molar-refractivity contribution < 1.29 is 4.79 Å². The number of H-pyrrole nitrogens is 1. The van der Waals surface area contributed by atoms with Crippen molar-refractivity contribution in [3.8, 4) is 0 Å². The maximum absolute atomic E-state index is 11.8. The van der Waals surface area contributed by atoms with Crippen LogP contribution in [0.2, 0.25) is 0 Å². The van der Waals surface area contributed by atoms with Crippen molar-refractivity contribution in [2.75, 3.05) is 5.32 Å². The fourth-order valence-electron chi connectivity index (χ4n) is 1.72. The number of amides is 1. The van der Waals surface area contributed by atoms with Crippen LogP contribution in [0.4, 0.5) is 5.69 Å². The minimum absolute atomic E-state index is 0.0201. The summed E-state index contributed by atoms with van der Waals surface area (Å²) in [6.07, 6.45) is 2.79. The van der Waals surface area contributed by atoms with Crippen LogP contribution in [-0.4, -0.2) is 21.1 Å². The highest BCUT2D eigenvalue weighted by atomic mass is 16.1. The first-order valence-electron chi connectivity index (χ1n) is 5.88. The molecule has 0 unspecified atom stereocenters. The third kappa shape index (κ3) is 2.94. The molecule has 0 spiro atoms. The van der Waals surface area contributed by atoms with Crippen molar-refractivity contribution in [2.24, 2.45) is 0 Å². The maximum Gasteiger partial charge on any atom is 0.224 e. The SMILES string of the molecule is Cc1n[nH]c(C)c1NC(=O)CCc1ccccn1. The van der Waals surface area contributed by atoms with E-state index in [-0.39, 0.29) is 5.91 Å². The molecule has 2 aromatic heterocycles. The summed E-state index contributed by atoms with van der Waals surface area (Å²) in [6.45, 7) is 3.74. The van der Waals surface area contributed by atoms with E-state index in [9.17, 15) is 4.79 Å². The van der Waals surface area contributed by atoms with Crippen molar-refractivity contribution >= 4 is 11.6 Å². The van der Waals surface area contributed by atoms with E-state index in [4.69, 9.17) is 0 Å². The third-order valence-corrected chi connectivity index (χ3v) is 2.73. The Balaban J connectivity index is 1.90. The number of nitrogens with zero attached hydrogens (tertiary/aromatic N) is 2. The van der Waals surface area contributed by atoms with Gasteiger partial charge in [0.1, 0.15) is 0 Å². The molecule has 0 radical (unpaired) electrons. The number of aromatic amines is 1. The lowest BCUT2D eigenvalue weighted by Crippen LogP contribution is -2.13. The van der Waals surface area contributed by atoms with E-state index in [1.807, 2.05) is 32.0 Å². The van der Waals surface area contributed by atoms with Gasteiger partial charge in [-0.25, -0.2) is 0 Å². The first kappa shape index (κ1) is 12.3. The minimum atomic E-state index is -0.0201. The van der Waals surface area contributed by atoms with Gasteiger partial charge in [0.2, 0.25) is 5.91 Å². The molecule has 5 heteroatoms. The van der Waals surface area contributed by atoms with E-state index in [0.29, 0.717) is 12.8 Å². The van der Waals surface area contributed by atoms with Gasteiger partial charge in [-0.3, -0.25) is 14.9 Å². The third-order valence-electron chi connectivity index (χ3n) is 2.73. The lowest BCUT2D eigenvalue weighted by Gasteiger charge is -2.04. The summed E-state index contributed by atoms with van der Waals surface area (Å²) in [5.74, 6) is -0.0201. The molecule has 2 rings (SSSR count). The summed E-state index contributed by atoms with van der Waals surface area (Å²) < 4.78 is 0. The average Bonchev–Trinajstić information content (AvgIpc) is 2.69. The van der Waals surface area contributed by atoms with Crippen LogP contribution < -0.4 is 5.32 Å². The number of hydrogen-bond acceptors (Lipinski definition) is 3. The predicted molar refractivity (Wildman–Crippen MR) is 69.2 cm³/mol. The van der Waals surface area contributed by atoms with Gasteiger partial charge in [0.05, 0.1) is 17.1 Å². The minimum Gasteiger partial charge on any atom is -0.323 e. The van der Waals surface area contributed by atoms with Crippen molar-refractivity contribution in [3.63, 3.8) is 0 Å². The normalized spacial score (nSPS) is 10.3. The van der Waals surface area contributed by atoms with Gasteiger partial charge in [-0.1, -0.05) is 6.07 Å². The highest BCUT2D eigenvalue weighted by Gasteiger charge is 2.10. The van der Waals surface area contributed by atoms with Gasteiger partial charge in [-0.15, -0.1) is 0 Å². The standard InChI is InChI=1S/C13H16N4O/c1-9-13(10(2)17-16-9)15-12(18)7-6-11-5-3-4-8-14-11/h3-5,8H,6-7H2,1-2H3,(H,15,18)(H,16,17). The highest BCUT2D eigenvalue weighted by Crippen LogP contribution is 2.16. The Morgan fingerprint density at radius 3 is 2.83 bits per heavy atom. The maximum atomic E-state index is 11.8. The van der Waals surface area contributed by atoms with E-state index >= 15 is 0 Å². The van der Waals surface area contributed by atoms with Gasteiger partial charge in [0.25, 0.3) is 0 Å². The molecule has 0 aliphatic carbocycles. The lowest BCUT2D eigenvalue weighted by atomic mass is 10.2. The number of pyridine rings is 1. The molecule has 94 valence electrons. The van der Waals surface area contributed by atoms with E-state index < -0.39 is 0 Å². The number of nitrogens with one attached hydrogen (secondary N) is 2. The summed E-state index contributed by atoms with van der Waals surface area (Å²) >= 11 is 0. The molecule has 1 amide bonds. The molecule has 5 nitrogen and oxygen atoms in total. The first-order chi connectivity index (χ1) is 8.66. The number of aromatic nitrogens is 3. The monoisotopic (exact) mass is 244 g/mol. The molecular weight excluding hydrogens is 228 g/mol. The molecule has 2 N–H and O–H groups in total. The molecule has 18 heavy (non-hydrogen) atoms. The van der Waals surface area contributed by atoms with Crippen molar-refractivity contribution in [2.45, 2.75) is 26.7 Å². The number of hydrogen-bond donors (Lipinski definition) is 2. The first-order valence-corrected chi connectivity index (χ1v) is 5.88. The number of rotatable bonds is 4. The fourth-order valence-corrected chi connectivity index (χ4v) is 1.72. The molecule has 0 aromatic carbocycles. The predicted octanol–water partition coefficient (Wildman–Crippen LogP) is 1.99. The Morgan fingerprint density at radius 2 is 2.22 bits per heavy atom. The smallest absolute Gasteiger partial charge is 0.224 e. The van der Waals surface area contributed by atoms with Gasteiger partial charge in [-0.05, 0) is 32.4 Å². The molecule has 0 saturated heterocycles. The fraction of sp³-hybridized carbons (Fsp3) is 0.308. The second-order valence-corrected chi connectivity index (χ2v) is 4.18. The van der Waals surface area contributed by atoms with Gasteiger partial charge >= 0.3 is 0 Å². The van der Waals surface area contributed by atoms with Crippen LogP contribution in [-0.2, 0) is 11.2 Å². The lowest BCUT2D eigenvalue weighted by molar-refractivity contribution is -0.116. The number of carbonyl (C=O) groups excluding carboxylic acids is 1. The van der Waals surface area contributed by atoms with Crippen LogP contribution in [0.5, 0.6) is 0 Å². The highest BCUT2D eigenvalue weighted by molar-refractivity contribution is 5.91. The molecule has 0 bridgehead atoms. The Kier molecular flexibility index (Phi) is 3.72. The Hall–Kier alpha value is -2.17. The van der Waals surface area contributed by atoms with Gasteiger partial charge < -0.3 is 5.32 Å². The van der Waals surface area contributed by atoms with E-state index in [1.54, 1.807) is 6.20 Å². The van der Waals surface area contributed by atoms with Crippen LogP contribution in [0.25, 0.3) is 0 Å². The molecule has 0 fully saturated rings. The van der Waals surface area contributed by atoms with Crippen LogP contribution in [0.1, 0.15) is 23.5 Å². The zero-order chi connectivity index (χ0) is 13.0. The van der Waals surface area contributed by atoms with Gasteiger partial charge in [0, 0.05) is 18.3 Å². The zero-order valence-corrected chi connectivity index (χ0v) is 10.5. The summed E-state index contributed by atoms with van der Waals surface area (Å²) in [5.41, 5.74) is 3.38. The average molecular weight is 244 g/mol. The van der Waals surface area contributed by atoms with Crippen molar-refractivity contribution in [3.05, 3.63) is 41.5 Å². The largest absolute Gasteiger partial charge is 0.323 e. The van der Waals surface area contributed by atoms with E-state index in [1.165, 1.54) is 0 Å². The molecule has 2 aromatic rings. The molecule has 2 heterocycles. The van der Waals surface area contributed by atoms with Crippen LogP contribution >= 0.6 is 0 Å². The number of carbonyl (C=O) groups is 1. The van der Waals surface area contributed by atoms with E-state index in [2.05, 4.69) is 20.5 Å². The second-order valence-electron chi connectivity index (χ2n) is 4.18. The summed E-state index contributed by atoms with van der Waals surface area (Å²) in [6, 6.07) is 5.70. The van der Waals surface area contributed by atoms with Crippen LogP contribution in [0.3, 0.4) is 0 Å². The molecule has 0 aliphatic heterocycles. The topological polar surface area (TPSA) is 70.7 Å².